The van der Waals surface area contributed by atoms with Crippen LogP contribution in [0.25, 0.3) is 0 Å². The fourth-order valence-electron chi connectivity index (χ4n) is 1.62. The maximum atomic E-state index is 5.35. The molecule has 0 unspecified atom stereocenters. The van der Waals surface area contributed by atoms with E-state index >= 15 is 0 Å². The summed E-state index contributed by atoms with van der Waals surface area (Å²) in [5.74, 6) is 0.931. The summed E-state index contributed by atoms with van der Waals surface area (Å²) in [5.41, 5.74) is 5.67. The van der Waals surface area contributed by atoms with Gasteiger partial charge in [-0.2, -0.15) is 0 Å². The number of benzene rings is 1. The van der Waals surface area contributed by atoms with Gasteiger partial charge in [-0.3, -0.25) is 5.01 Å². The van der Waals surface area contributed by atoms with Gasteiger partial charge in [0.05, 0.1) is 6.20 Å². The molecule has 0 radical (unpaired) electrons. The van der Waals surface area contributed by atoms with Gasteiger partial charge >= 0.3 is 0 Å². The molecule has 0 bridgehead atoms. The predicted octanol–water partition coefficient (Wildman–Crippen LogP) is 1.37. The first-order valence-electron chi connectivity index (χ1n) is 3.93. The summed E-state index contributed by atoms with van der Waals surface area (Å²) >= 11 is 0. The van der Waals surface area contributed by atoms with Crippen LogP contribution < -0.4 is 15.2 Å². The van der Waals surface area contributed by atoms with Crippen LogP contribution in [0.5, 0.6) is 5.75 Å². The summed E-state index contributed by atoms with van der Waals surface area (Å²) in [7, 11) is 0. The number of anilines is 1. The van der Waals surface area contributed by atoms with Gasteiger partial charge in [0.2, 0.25) is 0 Å². The minimum absolute atomic E-state index is 0.886. The number of nitrogens with one attached hydrogen (secondary N) is 1. The van der Waals surface area contributed by atoms with Crippen LogP contribution in [-0.2, 0) is 6.54 Å². The first-order valence-corrected chi connectivity index (χ1v) is 3.93. The Bertz CT molecular complexity index is 360. The number of hydrogen-bond acceptors (Lipinski definition) is 3. The van der Waals surface area contributed by atoms with Crippen molar-refractivity contribution < 1.29 is 4.74 Å². The molecule has 2 heterocycles. The van der Waals surface area contributed by atoms with Crippen molar-refractivity contribution in [2.75, 3.05) is 5.01 Å². The fraction of sp³-hybridized carbons (Fsp3) is 0.111. The molecule has 0 amide bonds. The highest BCUT2D eigenvalue weighted by atomic mass is 16.5. The molecule has 12 heavy (non-hydrogen) atoms. The van der Waals surface area contributed by atoms with E-state index in [0.717, 1.165) is 18.0 Å². The van der Waals surface area contributed by atoms with Gasteiger partial charge in [-0.25, -0.2) is 5.43 Å². The van der Waals surface area contributed by atoms with Crippen LogP contribution >= 0.6 is 0 Å². The Morgan fingerprint density at radius 2 is 2.42 bits per heavy atom. The maximum absolute atomic E-state index is 5.35. The lowest BCUT2D eigenvalue weighted by atomic mass is 10.2. The topological polar surface area (TPSA) is 24.5 Å². The zero-order valence-electron chi connectivity index (χ0n) is 6.45. The molecule has 2 aliphatic rings. The van der Waals surface area contributed by atoms with Gasteiger partial charge in [0, 0.05) is 6.54 Å². The summed E-state index contributed by atoms with van der Waals surface area (Å²) in [5, 5.41) is 1.99. The van der Waals surface area contributed by atoms with Crippen LogP contribution in [-0.4, -0.2) is 0 Å². The molecule has 2 aliphatic heterocycles. The predicted molar refractivity (Wildman–Crippen MR) is 45.5 cm³/mol. The van der Waals surface area contributed by atoms with Gasteiger partial charge in [0.1, 0.15) is 11.9 Å². The Kier molecular flexibility index (Phi) is 1.02. The summed E-state index contributed by atoms with van der Waals surface area (Å²) in [6, 6.07) is 6.09. The number of hydrazine groups is 1. The molecule has 1 aromatic carbocycles. The Balaban J connectivity index is 2.28. The molecule has 60 valence electrons. The third-order valence-corrected chi connectivity index (χ3v) is 2.17. The summed E-state index contributed by atoms with van der Waals surface area (Å²) in [4.78, 5) is 0. The number of rotatable bonds is 0. The molecule has 0 atom stereocenters. The maximum Gasteiger partial charge on any atom is 0.152 e. The molecule has 0 saturated carbocycles. The second-order valence-electron chi connectivity index (χ2n) is 2.87. The average Bonchev–Trinajstić information content (AvgIpc) is 2.52. The van der Waals surface area contributed by atoms with E-state index in [1.165, 1.54) is 5.56 Å². The highest BCUT2D eigenvalue weighted by molar-refractivity contribution is 5.68. The van der Waals surface area contributed by atoms with Gasteiger partial charge in [0.25, 0.3) is 0 Å². The molecule has 0 spiro atoms. The van der Waals surface area contributed by atoms with E-state index in [2.05, 4.69) is 11.5 Å². The SMILES string of the molecule is C1=CN2NCc3cccc(c32)O1. The minimum Gasteiger partial charge on any atom is -0.461 e. The van der Waals surface area contributed by atoms with Crippen molar-refractivity contribution in [3.05, 3.63) is 36.2 Å². The van der Waals surface area contributed by atoms with Crippen LogP contribution in [0.1, 0.15) is 5.56 Å². The van der Waals surface area contributed by atoms with Gasteiger partial charge in [0.15, 0.2) is 5.75 Å². The number of ether oxygens (including phenoxy) is 1. The van der Waals surface area contributed by atoms with Crippen LogP contribution in [0.15, 0.2) is 30.7 Å². The molecule has 0 fully saturated rings. The van der Waals surface area contributed by atoms with Crippen molar-refractivity contribution in [1.29, 1.82) is 0 Å². The van der Waals surface area contributed by atoms with E-state index in [9.17, 15) is 0 Å². The van der Waals surface area contributed by atoms with E-state index in [1.807, 2.05) is 23.3 Å². The number of para-hydroxylation sites is 1. The Morgan fingerprint density at radius 3 is 3.42 bits per heavy atom. The lowest BCUT2D eigenvalue weighted by molar-refractivity contribution is 0.467. The van der Waals surface area contributed by atoms with Crippen LogP contribution in [0.2, 0.25) is 0 Å². The molecular formula is C9H8N2O. The monoisotopic (exact) mass is 160 g/mol. The Morgan fingerprint density at radius 1 is 1.42 bits per heavy atom. The fourth-order valence-corrected chi connectivity index (χ4v) is 1.62. The average molecular weight is 160 g/mol. The molecule has 0 aromatic heterocycles. The van der Waals surface area contributed by atoms with E-state index < -0.39 is 0 Å². The van der Waals surface area contributed by atoms with Gasteiger partial charge in [-0.1, -0.05) is 12.1 Å². The molecule has 3 rings (SSSR count). The minimum atomic E-state index is 0.886. The lowest BCUT2D eigenvalue weighted by Crippen LogP contribution is -2.27. The normalized spacial score (nSPS) is 17.5. The number of nitrogens with zero attached hydrogens (tertiary/aromatic N) is 1. The van der Waals surface area contributed by atoms with Crippen molar-refractivity contribution in [2.45, 2.75) is 6.54 Å². The lowest BCUT2D eigenvalue weighted by Gasteiger charge is -2.20. The van der Waals surface area contributed by atoms with E-state index in [1.54, 1.807) is 6.26 Å². The second kappa shape index (κ2) is 2.01. The van der Waals surface area contributed by atoms with E-state index in [4.69, 9.17) is 4.74 Å². The van der Waals surface area contributed by atoms with E-state index in [0.29, 0.717) is 0 Å². The van der Waals surface area contributed by atoms with Gasteiger partial charge in [-0.05, 0) is 11.6 Å². The highest BCUT2D eigenvalue weighted by Crippen LogP contribution is 2.37. The molecule has 1 aromatic rings. The highest BCUT2D eigenvalue weighted by Gasteiger charge is 2.23. The van der Waals surface area contributed by atoms with E-state index in [-0.39, 0.29) is 0 Å². The largest absolute Gasteiger partial charge is 0.461 e. The van der Waals surface area contributed by atoms with Crippen molar-refractivity contribution >= 4 is 5.69 Å². The first kappa shape index (κ1) is 6.08. The molecule has 1 N–H and O–H groups in total. The number of hydrogen-bond donors (Lipinski definition) is 1. The van der Waals surface area contributed by atoms with Crippen molar-refractivity contribution in [3.8, 4) is 5.75 Å². The van der Waals surface area contributed by atoms with Crippen LogP contribution in [0, 0.1) is 0 Å². The van der Waals surface area contributed by atoms with Gasteiger partial charge < -0.3 is 4.74 Å². The van der Waals surface area contributed by atoms with Gasteiger partial charge in [-0.15, -0.1) is 0 Å². The molecule has 3 heteroatoms. The van der Waals surface area contributed by atoms with Crippen molar-refractivity contribution in [1.82, 2.24) is 5.43 Å². The van der Waals surface area contributed by atoms with Crippen molar-refractivity contribution in [2.24, 2.45) is 0 Å². The summed E-state index contributed by atoms with van der Waals surface area (Å²) in [6.45, 7) is 0.886. The first-order chi connectivity index (χ1) is 5.95. The second-order valence-corrected chi connectivity index (χ2v) is 2.87. The summed E-state index contributed by atoms with van der Waals surface area (Å²) < 4.78 is 5.35. The third-order valence-electron chi connectivity index (χ3n) is 2.17. The smallest absolute Gasteiger partial charge is 0.152 e. The zero-order valence-corrected chi connectivity index (χ0v) is 6.45. The van der Waals surface area contributed by atoms with Crippen molar-refractivity contribution in [3.63, 3.8) is 0 Å². The molecule has 3 nitrogen and oxygen atoms in total. The molecular weight excluding hydrogens is 152 g/mol. The van der Waals surface area contributed by atoms with Crippen LogP contribution in [0.3, 0.4) is 0 Å². The summed E-state index contributed by atoms with van der Waals surface area (Å²) in [6.07, 6.45) is 3.57. The Labute approximate surface area is 70.2 Å². The quantitative estimate of drug-likeness (QED) is 0.620. The molecule has 0 saturated heterocycles. The standard InChI is InChI=1S/C9H8N2O/c1-2-7-6-10-11-4-5-12-8(3-1)9(7)11/h1-5,10H,6H2. The van der Waals surface area contributed by atoms with Crippen LogP contribution in [0.4, 0.5) is 5.69 Å². The third kappa shape index (κ3) is 0.636. The molecule has 0 aliphatic carbocycles. The Hall–Kier alpha value is -1.48. The zero-order chi connectivity index (χ0) is 7.97.